The van der Waals surface area contributed by atoms with E-state index >= 15 is 0 Å². The normalized spacial score (nSPS) is 23.8. The monoisotopic (exact) mass is 322 g/mol. The van der Waals surface area contributed by atoms with Crippen molar-refractivity contribution in [2.45, 2.75) is 42.9 Å². The molecule has 1 aromatic rings. The van der Waals surface area contributed by atoms with E-state index in [0.29, 0.717) is 18.5 Å². The molecule has 1 aliphatic rings. The minimum Gasteiger partial charge on any atom is -0.381 e. The summed E-state index contributed by atoms with van der Waals surface area (Å²) in [5.74, 6) is -1.27. The van der Waals surface area contributed by atoms with Crippen molar-refractivity contribution in [1.29, 1.82) is 0 Å². The van der Waals surface area contributed by atoms with Crippen molar-refractivity contribution in [3.63, 3.8) is 0 Å². The van der Waals surface area contributed by atoms with Crippen LogP contribution in [0, 0.1) is 5.92 Å². The molecule has 118 valence electrons. The van der Waals surface area contributed by atoms with Crippen molar-refractivity contribution in [1.82, 2.24) is 4.98 Å². The number of anilines is 1. The third-order valence-electron chi connectivity index (χ3n) is 3.62. The first-order valence-electron chi connectivity index (χ1n) is 6.65. The average molecular weight is 322 g/mol. The maximum atomic E-state index is 12.7. The first kappa shape index (κ1) is 16.1. The summed E-state index contributed by atoms with van der Waals surface area (Å²) in [6, 6.07) is 2.61. The molecule has 1 N–H and O–H groups in total. The first-order chi connectivity index (χ1) is 9.66. The number of rotatable bonds is 3. The average Bonchev–Trinajstić information content (AvgIpc) is 2.37. The van der Waals surface area contributed by atoms with E-state index in [9.17, 15) is 21.6 Å². The lowest BCUT2D eigenvalue weighted by Crippen LogP contribution is -2.34. The predicted molar refractivity (Wildman–Crippen MR) is 72.8 cm³/mol. The maximum absolute atomic E-state index is 12.7. The molecule has 0 amide bonds. The summed E-state index contributed by atoms with van der Waals surface area (Å²) in [6.07, 6.45) is -0.356. The van der Waals surface area contributed by atoms with Crippen LogP contribution < -0.4 is 5.32 Å². The molecule has 0 saturated heterocycles. The van der Waals surface area contributed by atoms with E-state index in [4.69, 9.17) is 0 Å². The van der Waals surface area contributed by atoms with Gasteiger partial charge >= 0.3 is 6.18 Å². The van der Waals surface area contributed by atoms with Gasteiger partial charge in [0, 0.05) is 12.3 Å². The molecule has 2 rings (SSSR count). The summed E-state index contributed by atoms with van der Waals surface area (Å²) >= 11 is 0. The van der Waals surface area contributed by atoms with Crippen molar-refractivity contribution >= 4 is 15.5 Å². The van der Waals surface area contributed by atoms with E-state index in [1.54, 1.807) is 0 Å². The number of nitrogens with one attached hydrogen (secondary N) is 1. The molecule has 1 aliphatic carbocycles. The van der Waals surface area contributed by atoms with Crippen LogP contribution in [0.3, 0.4) is 0 Å². The van der Waals surface area contributed by atoms with Crippen molar-refractivity contribution in [2.24, 2.45) is 5.92 Å². The van der Waals surface area contributed by atoms with E-state index in [1.807, 2.05) is 0 Å². The number of nitrogens with zero attached hydrogens (tertiary/aromatic N) is 1. The Hall–Kier alpha value is -1.31. The fourth-order valence-electron chi connectivity index (χ4n) is 2.54. The number of aromatic nitrogens is 1. The second kappa shape index (κ2) is 5.82. The SMILES string of the molecule is CS(=O)(=O)c1ccc(NC2CCCC(C(F)(F)F)C2)cn1. The van der Waals surface area contributed by atoms with Crippen LogP contribution in [0.15, 0.2) is 23.4 Å². The van der Waals surface area contributed by atoms with Gasteiger partial charge in [0.05, 0.1) is 17.8 Å². The zero-order chi connectivity index (χ0) is 15.7. The van der Waals surface area contributed by atoms with Gasteiger partial charge in [-0.25, -0.2) is 13.4 Å². The topological polar surface area (TPSA) is 59.1 Å². The standard InChI is InChI=1S/C13H17F3N2O2S/c1-21(19,20)12-6-5-11(8-17-12)18-10-4-2-3-9(7-10)13(14,15)16/h5-6,8-10,18H,2-4,7H2,1H3. The molecule has 1 heterocycles. The maximum Gasteiger partial charge on any atom is 0.391 e. The highest BCUT2D eigenvalue weighted by atomic mass is 32.2. The molecule has 0 aromatic carbocycles. The third-order valence-corrected chi connectivity index (χ3v) is 4.63. The van der Waals surface area contributed by atoms with Gasteiger partial charge in [-0.15, -0.1) is 0 Å². The lowest BCUT2D eigenvalue weighted by molar-refractivity contribution is -0.182. The number of halogens is 3. The predicted octanol–water partition coefficient (Wildman–Crippen LogP) is 3.02. The Morgan fingerprint density at radius 2 is 2.00 bits per heavy atom. The lowest BCUT2D eigenvalue weighted by Gasteiger charge is -2.31. The molecule has 2 atom stereocenters. The molecule has 0 spiro atoms. The Balaban J connectivity index is 2.01. The number of alkyl halides is 3. The van der Waals surface area contributed by atoms with Gasteiger partial charge in [0.25, 0.3) is 0 Å². The fourth-order valence-corrected chi connectivity index (χ4v) is 3.10. The van der Waals surface area contributed by atoms with E-state index < -0.39 is 21.9 Å². The van der Waals surface area contributed by atoms with Gasteiger partial charge in [-0.3, -0.25) is 0 Å². The highest BCUT2D eigenvalue weighted by Crippen LogP contribution is 2.38. The summed E-state index contributed by atoms with van der Waals surface area (Å²) in [5.41, 5.74) is 0.537. The third kappa shape index (κ3) is 4.33. The number of sulfone groups is 1. The summed E-state index contributed by atoms with van der Waals surface area (Å²) in [6.45, 7) is 0. The Morgan fingerprint density at radius 3 is 2.52 bits per heavy atom. The summed E-state index contributed by atoms with van der Waals surface area (Å²) in [4.78, 5) is 3.81. The van der Waals surface area contributed by atoms with Crippen molar-refractivity contribution < 1.29 is 21.6 Å². The van der Waals surface area contributed by atoms with Crippen LogP contribution in [0.4, 0.5) is 18.9 Å². The molecule has 8 heteroatoms. The molecule has 1 saturated carbocycles. The largest absolute Gasteiger partial charge is 0.391 e. The summed E-state index contributed by atoms with van der Waals surface area (Å²) in [5, 5.41) is 2.95. The molecule has 1 fully saturated rings. The van der Waals surface area contributed by atoms with E-state index in [0.717, 1.165) is 6.26 Å². The molecule has 2 unspecified atom stereocenters. The molecule has 21 heavy (non-hydrogen) atoms. The van der Waals surface area contributed by atoms with Crippen LogP contribution in [0.1, 0.15) is 25.7 Å². The van der Waals surface area contributed by atoms with Gasteiger partial charge in [-0.05, 0) is 31.4 Å². The van der Waals surface area contributed by atoms with Crippen LogP contribution in [-0.2, 0) is 9.84 Å². The molecule has 0 bridgehead atoms. The van der Waals surface area contributed by atoms with Crippen molar-refractivity contribution in [3.05, 3.63) is 18.3 Å². The van der Waals surface area contributed by atoms with E-state index in [2.05, 4.69) is 10.3 Å². The molecule has 0 aliphatic heterocycles. The minimum atomic E-state index is -4.15. The highest BCUT2D eigenvalue weighted by Gasteiger charge is 2.42. The van der Waals surface area contributed by atoms with Crippen LogP contribution in [0.25, 0.3) is 0 Å². The Labute approximate surface area is 121 Å². The van der Waals surface area contributed by atoms with E-state index in [1.165, 1.54) is 18.3 Å². The summed E-state index contributed by atoms with van der Waals surface area (Å²) in [7, 11) is -3.37. The van der Waals surface area contributed by atoms with Crippen LogP contribution in [0.2, 0.25) is 0 Å². The van der Waals surface area contributed by atoms with Gasteiger partial charge in [0.1, 0.15) is 0 Å². The van der Waals surface area contributed by atoms with Crippen LogP contribution >= 0.6 is 0 Å². The number of hydrogen-bond acceptors (Lipinski definition) is 4. The number of pyridine rings is 1. The second-order valence-corrected chi connectivity index (χ2v) is 7.37. The molecular formula is C13H17F3N2O2S. The van der Waals surface area contributed by atoms with Crippen molar-refractivity contribution in [3.8, 4) is 0 Å². The quantitative estimate of drug-likeness (QED) is 0.929. The molecular weight excluding hydrogens is 305 g/mol. The Morgan fingerprint density at radius 1 is 1.29 bits per heavy atom. The second-order valence-electron chi connectivity index (χ2n) is 5.40. The van der Waals surface area contributed by atoms with Gasteiger partial charge in [-0.2, -0.15) is 13.2 Å². The minimum absolute atomic E-state index is 0.0390. The van der Waals surface area contributed by atoms with Gasteiger partial charge < -0.3 is 5.32 Å². The Bertz CT molecular complexity index is 584. The fraction of sp³-hybridized carbons (Fsp3) is 0.615. The zero-order valence-electron chi connectivity index (χ0n) is 11.5. The highest BCUT2D eigenvalue weighted by molar-refractivity contribution is 7.90. The van der Waals surface area contributed by atoms with Gasteiger partial charge in [0.15, 0.2) is 14.9 Å². The van der Waals surface area contributed by atoms with Gasteiger partial charge in [0.2, 0.25) is 0 Å². The molecule has 1 aromatic heterocycles. The molecule has 0 radical (unpaired) electrons. The Kier molecular flexibility index (Phi) is 4.46. The van der Waals surface area contributed by atoms with Crippen LogP contribution in [-0.4, -0.2) is 31.9 Å². The first-order valence-corrected chi connectivity index (χ1v) is 8.55. The van der Waals surface area contributed by atoms with Crippen LogP contribution in [0.5, 0.6) is 0 Å². The van der Waals surface area contributed by atoms with E-state index in [-0.39, 0.29) is 23.9 Å². The lowest BCUT2D eigenvalue weighted by atomic mass is 9.85. The zero-order valence-corrected chi connectivity index (χ0v) is 12.3. The summed E-state index contributed by atoms with van der Waals surface area (Å²) < 4.78 is 60.8. The van der Waals surface area contributed by atoms with Gasteiger partial charge in [-0.1, -0.05) is 6.42 Å². The van der Waals surface area contributed by atoms with Crippen molar-refractivity contribution in [2.75, 3.05) is 11.6 Å². The number of hydrogen-bond donors (Lipinski definition) is 1. The smallest absolute Gasteiger partial charge is 0.381 e. The molecule has 4 nitrogen and oxygen atoms in total.